The molecule has 298 valence electrons. The molecule has 3 fully saturated rings. The van der Waals surface area contributed by atoms with Crippen LogP contribution < -0.4 is 4.46 Å². The second kappa shape index (κ2) is 15.6. The first-order chi connectivity index (χ1) is 25.3. The van der Waals surface area contributed by atoms with Gasteiger partial charge in [0.25, 0.3) is 0 Å². The van der Waals surface area contributed by atoms with Gasteiger partial charge in [0.1, 0.15) is 0 Å². The molecular formula is C43H62O9SeSi. The number of fused-ring (bicyclic) bond motifs is 1. The first kappa shape index (κ1) is 41.9. The summed E-state index contributed by atoms with van der Waals surface area (Å²) in [6.07, 6.45) is 0.230. The number of hydrogen-bond acceptors (Lipinski definition) is 9. The quantitative estimate of drug-likeness (QED) is 0.153. The zero-order valence-corrected chi connectivity index (χ0v) is 37.0. The molecule has 0 aromatic heterocycles. The molecule has 2 aromatic carbocycles. The molecule has 3 saturated heterocycles. The molecule has 54 heavy (non-hydrogen) atoms. The first-order valence-electron chi connectivity index (χ1n) is 19.5. The molecule has 4 aliphatic rings. The maximum absolute atomic E-state index is 15.2. The summed E-state index contributed by atoms with van der Waals surface area (Å²) >= 11 is -0.565. The topological polar surface area (TPSA) is 90.9 Å². The summed E-state index contributed by atoms with van der Waals surface area (Å²) in [5.74, 6) is -2.24. The van der Waals surface area contributed by atoms with E-state index in [-0.39, 0.29) is 28.2 Å². The average Bonchev–Trinajstić information content (AvgIpc) is 3.74. The summed E-state index contributed by atoms with van der Waals surface area (Å²) in [5.41, 5.74) is -0.327. The third-order valence-electron chi connectivity index (χ3n) is 12.4. The molecule has 0 spiro atoms. The van der Waals surface area contributed by atoms with Gasteiger partial charge in [0.2, 0.25) is 0 Å². The number of rotatable bonds is 13. The summed E-state index contributed by atoms with van der Waals surface area (Å²) < 4.78 is 55.5. The van der Waals surface area contributed by atoms with E-state index in [2.05, 4.69) is 60.7 Å². The molecule has 4 aliphatic heterocycles. The summed E-state index contributed by atoms with van der Waals surface area (Å²) in [7, 11) is -0.514. The van der Waals surface area contributed by atoms with Crippen molar-refractivity contribution in [3.05, 3.63) is 77.9 Å². The number of benzene rings is 2. The first-order valence-corrected chi connectivity index (χ1v) is 24.1. The van der Waals surface area contributed by atoms with Crippen molar-refractivity contribution in [3.63, 3.8) is 0 Å². The van der Waals surface area contributed by atoms with Gasteiger partial charge in [-0.3, -0.25) is 0 Å². The van der Waals surface area contributed by atoms with Gasteiger partial charge < -0.3 is 0 Å². The molecular weight excluding hydrogens is 768 g/mol. The average molecular weight is 830 g/mol. The van der Waals surface area contributed by atoms with E-state index in [0.717, 1.165) is 15.6 Å². The van der Waals surface area contributed by atoms with Crippen molar-refractivity contribution in [1.29, 1.82) is 0 Å². The molecule has 0 aliphatic carbocycles. The molecule has 1 unspecified atom stereocenters. The Morgan fingerprint density at radius 1 is 0.926 bits per heavy atom. The van der Waals surface area contributed by atoms with Crippen molar-refractivity contribution in [2.75, 3.05) is 13.7 Å². The maximum atomic E-state index is 15.2. The fourth-order valence-corrected chi connectivity index (χ4v) is 11.3. The predicted molar refractivity (Wildman–Crippen MR) is 212 cm³/mol. The Balaban J connectivity index is 1.38. The Kier molecular flexibility index (Phi) is 12.1. The molecule has 0 saturated carbocycles. The van der Waals surface area contributed by atoms with Gasteiger partial charge in [-0.05, 0) is 0 Å². The van der Waals surface area contributed by atoms with Gasteiger partial charge in [-0.2, -0.15) is 0 Å². The zero-order valence-electron chi connectivity index (χ0n) is 34.3. The van der Waals surface area contributed by atoms with Crippen LogP contribution in [0.2, 0.25) is 18.1 Å². The van der Waals surface area contributed by atoms with Gasteiger partial charge in [-0.15, -0.1) is 0 Å². The van der Waals surface area contributed by atoms with Crippen molar-refractivity contribution in [2.24, 2.45) is 11.8 Å². The van der Waals surface area contributed by atoms with Crippen LogP contribution in [-0.2, 0) is 49.0 Å². The molecule has 0 amide bonds. The van der Waals surface area contributed by atoms with Gasteiger partial charge in [-0.1, -0.05) is 6.07 Å². The van der Waals surface area contributed by atoms with Gasteiger partial charge in [-0.25, -0.2) is 0 Å². The van der Waals surface area contributed by atoms with Crippen LogP contribution in [0.15, 0.2) is 72.3 Å². The standard InChI is InChI=1S/C43H62O9SeSi/c1-13-41(36-33(48-40(8,9)49-36)37(52-41)46-26-31-20-16-14-17-21-31)35-29(3)25-42(50-35,38(44)53-32-22-18-15-19-23-32)34-28(2)24-30(4)43(45-10,51-34)27-47-54(11,12)39(5,6)7/h14-24,29-30,33-37H,13,25-27H2,1-12H3/t29-,30+,33-,34-,35+,36+,37-,41+,42?,43+/m0/s1. The molecule has 6 rings (SSSR count). The predicted octanol–water partition coefficient (Wildman–Crippen LogP) is 7.29. The third kappa shape index (κ3) is 7.78. The van der Waals surface area contributed by atoms with E-state index in [9.17, 15) is 0 Å². The van der Waals surface area contributed by atoms with Gasteiger partial charge in [0.15, 0.2) is 0 Å². The number of hydrogen-bond donors (Lipinski definition) is 0. The summed E-state index contributed by atoms with van der Waals surface area (Å²) in [6.45, 7) is 24.0. The minimum atomic E-state index is -2.19. The van der Waals surface area contributed by atoms with Crippen molar-refractivity contribution in [1.82, 2.24) is 0 Å². The van der Waals surface area contributed by atoms with Crippen molar-refractivity contribution < 1.29 is 42.4 Å². The van der Waals surface area contributed by atoms with Gasteiger partial charge in [0, 0.05) is 0 Å². The van der Waals surface area contributed by atoms with Crippen LogP contribution in [0.3, 0.4) is 0 Å². The normalized spacial score (nSPS) is 36.6. The van der Waals surface area contributed by atoms with E-state index in [0.29, 0.717) is 19.4 Å². The molecule has 0 bridgehead atoms. The van der Waals surface area contributed by atoms with Crippen LogP contribution >= 0.6 is 0 Å². The molecule has 0 N–H and O–H groups in total. The van der Waals surface area contributed by atoms with Crippen LogP contribution in [0.1, 0.15) is 80.7 Å². The second-order valence-electron chi connectivity index (χ2n) is 17.7. The fraction of sp³-hybridized carbons (Fsp3) is 0.651. The Hall–Kier alpha value is -1.73. The van der Waals surface area contributed by atoms with Gasteiger partial charge >= 0.3 is 326 Å². The number of ether oxygens (including phenoxy) is 7. The van der Waals surface area contributed by atoms with Crippen molar-refractivity contribution in [3.8, 4) is 0 Å². The molecule has 2 aromatic rings. The SMILES string of the molecule is CC[C@]1([C@@H]2OC(C(=O)[Se]c3ccccc3)([C@H]3O[C@@](CO[Si](C)(C)C(C)(C)C)(OC)[C@H](C)C=C3C)C[C@@H]2C)O[C@H](OCc2ccccc2)[C@H]2OC(C)(C)O[C@H]21. The molecule has 11 heteroatoms. The van der Waals surface area contributed by atoms with E-state index in [1.807, 2.05) is 81.4 Å². The summed E-state index contributed by atoms with van der Waals surface area (Å²) in [4.78, 5) is 15.2. The Morgan fingerprint density at radius 3 is 2.19 bits per heavy atom. The Labute approximate surface area is 330 Å². The molecule has 10 atom stereocenters. The van der Waals surface area contributed by atoms with Crippen molar-refractivity contribution in [2.45, 2.75) is 153 Å². The van der Waals surface area contributed by atoms with E-state index < -0.39 is 76.8 Å². The molecule has 4 heterocycles. The fourth-order valence-electron chi connectivity index (χ4n) is 8.39. The van der Waals surface area contributed by atoms with E-state index in [1.165, 1.54) is 0 Å². The van der Waals surface area contributed by atoms with Crippen LogP contribution in [0.25, 0.3) is 0 Å². The minimum absolute atomic E-state index is 0.00548. The Bertz CT molecular complexity index is 1650. The van der Waals surface area contributed by atoms with Crippen LogP contribution in [0, 0.1) is 11.8 Å². The van der Waals surface area contributed by atoms with E-state index >= 15 is 4.79 Å². The molecule has 0 radical (unpaired) electrons. The third-order valence-corrected chi connectivity index (χ3v) is 19.1. The van der Waals surface area contributed by atoms with Crippen molar-refractivity contribution >= 4 is 32.4 Å². The summed E-state index contributed by atoms with van der Waals surface area (Å²) in [5, 5.41) is -0.00548. The van der Waals surface area contributed by atoms with Crippen LogP contribution in [0.4, 0.5) is 0 Å². The number of carbonyl (C=O) groups is 1. The van der Waals surface area contributed by atoms with Crippen LogP contribution in [0.5, 0.6) is 0 Å². The van der Waals surface area contributed by atoms with Gasteiger partial charge in [0.05, 0.1) is 0 Å². The molecule has 9 nitrogen and oxygen atoms in total. The summed E-state index contributed by atoms with van der Waals surface area (Å²) in [6, 6.07) is 20.0. The van der Waals surface area contributed by atoms with Crippen LogP contribution in [-0.4, -0.2) is 95.2 Å². The van der Waals surface area contributed by atoms with E-state index in [1.54, 1.807) is 7.11 Å². The second-order valence-corrected chi connectivity index (χ2v) is 24.7. The Morgan fingerprint density at radius 2 is 1.57 bits per heavy atom. The van der Waals surface area contributed by atoms with E-state index in [4.69, 9.17) is 37.6 Å². The zero-order chi connectivity index (χ0) is 39.3. The number of carbonyl (C=O) groups excluding carboxylic acids is 1. The monoisotopic (exact) mass is 830 g/mol. The number of methoxy groups -OCH3 is 1.